The summed E-state index contributed by atoms with van der Waals surface area (Å²) in [6.07, 6.45) is 0. The Labute approximate surface area is 152 Å². The van der Waals surface area contributed by atoms with Crippen molar-refractivity contribution in [2.45, 2.75) is 19.9 Å². The summed E-state index contributed by atoms with van der Waals surface area (Å²) < 4.78 is 19.3. The molecule has 5 nitrogen and oxygen atoms in total. The number of carbonyl (C=O) groups excluding carboxylic acids is 2. The molecular weight excluding hydrogens is 335 g/mol. The van der Waals surface area contributed by atoms with Crippen LogP contribution in [0, 0.1) is 12.7 Å². The number of rotatable bonds is 3. The van der Waals surface area contributed by atoms with Crippen LogP contribution < -0.4 is 9.64 Å². The first kappa shape index (κ1) is 17.9. The Kier molecular flexibility index (Phi) is 4.93. The van der Waals surface area contributed by atoms with E-state index in [-0.39, 0.29) is 29.8 Å². The number of piperazine rings is 1. The van der Waals surface area contributed by atoms with Gasteiger partial charge in [-0.05, 0) is 38.1 Å². The van der Waals surface area contributed by atoms with E-state index in [2.05, 4.69) is 0 Å². The lowest BCUT2D eigenvalue weighted by atomic mass is 10.1. The summed E-state index contributed by atoms with van der Waals surface area (Å²) in [6, 6.07) is 11.6. The molecular formula is C20H21FN2O3. The predicted molar refractivity (Wildman–Crippen MR) is 97.0 cm³/mol. The number of hydrogen-bond donors (Lipinski definition) is 0. The number of aryl methyl sites for hydroxylation is 1. The maximum absolute atomic E-state index is 14.2. The maximum Gasteiger partial charge on any atom is 0.261 e. The van der Waals surface area contributed by atoms with Gasteiger partial charge in [0.1, 0.15) is 23.7 Å². The molecule has 0 bridgehead atoms. The van der Waals surface area contributed by atoms with Crippen LogP contribution in [0.1, 0.15) is 22.8 Å². The Hall–Kier alpha value is -2.89. The molecule has 1 aliphatic heterocycles. The van der Waals surface area contributed by atoms with Crippen LogP contribution in [0.2, 0.25) is 0 Å². The molecule has 1 aliphatic rings. The number of hydrogen-bond acceptors (Lipinski definition) is 3. The standard InChI is InChI=1S/C20H21FN2O3/c1-13-7-9-15(10-8-13)23-11-14(2)22(12-18(23)24)20(25)19-16(21)5-4-6-17(19)26-3/h4-10,14H,11-12H2,1-3H3/t14-/m0/s1. The van der Waals surface area contributed by atoms with Crippen LogP contribution in [0.15, 0.2) is 42.5 Å². The van der Waals surface area contributed by atoms with E-state index < -0.39 is 11.7 Å². The van der Waals surface area contributed by atoms with E-state index in [1.807, 2.05) is 38.1 Å². The fourth-order valence-electron chi connectivity index (χ4n) is 3.12. The molecule has 2 aromatic carbocycles. The molecule has 136 valence electrons. The van der Waals surface area contributed by atoms with Crippen LogP contribution in [0.5, 0.6) is 5.75 Å². The lowest BCUT2D eigenvalue weighted by Gasteiger charge is -2.39. The summed E-state index contributed by atoms with van der Waals surface area (Å²) >= 11 is 0. The van der Waals surface area contributed by atoms with E-state index in [0.717, 1.165) is 11.3 Å². The van der Waals surface area contributed by atoms with Gasteiger partial charge in [0.15, 0.2) is 0 Å². The van der Waals surface area contributed by atoms with Gasteiger partial charge in [0.2, 0.25) is 5.91 Å². The number of amides is 2. The summed E-state index contributed by atoms with van der Waals surface area (Å²) in [5, 5.41) is 0. The first-order valence-corrected chi connectivity index (χ1v) is 8.43. The average Bonchev–Trinajstić information content (AvgIpc) is 2.63. The number of carbonyl (C=O) groups is 2. The Morgan fingerprint density at radius 3 is 2.54 bits per heavy atom. The van der Waals surface area contributed by atoms with Crippen molar-refractivity contribution >= 4 is 17.5 Å². The van der Waals surface area contributed by atoms with E-state index in [9.17, 15) is 14.0 Å². The van der Waals surface area contributed by atoms with E-state index in [0.29, 0.717) is 6.54 Å². The van der Waals surface area contributed by atoms with Crippen molar-refractivity contribution in [2.24, 2.45) is 0 Å². The molecule has 1 saturated heterocycles. The third-order valence-electron chi connectivity index (χ3n) is 4.60. The topological polar surface area (TPSA) is 49.9 Å². The van der Waals surface area contributed by atoms with Gasteiger partial charge in [-0.2, -0.15) is 0 Å². The molecule has 0 aromatic heterocycles. The quantitative estimate of drug-likeness (QED) is 0.849. The number of ether oxygens (including phenoxy) is 1. The summed E-state index contributed by atoms with van der Waals surface area (Å²) in [4.78, 5) is 28.6. The summed E-state index contributed by atoms with van der Waals surface area (Å²) in [5.74, 6) is -1.23. The van der Waals surface area contributed by atoms with Crippen LogP contribution in [0.4, 0.5) is 10.1 Å². The minimum Gasteiger partial charge on any atom is -0.496 e. The zero-order chi connectivity index (χ0) is 18.8. The Morgan fingerprint density at radius 2 is 1.88 bits per heavy atom. The van der Waals surface area contributed by atoms with Crippen LogP contribution in [-0.2, 0) is 4.79 Å². The van der Waals surface area contributed by atoms with Gasteiger partial charge in [-0.25, -0.2) is 4.39 Å². The van der Waals surface area contributed by atoms with Gasteiger partial charge in [-0.3, -0.25) is 9.59 Å². The summed E-state index contributed by atoms with van der Waals surface area (Å²) in [5.41, 5.74) is 1.76. The lowest BCUT2D eigenvalue weighted by Crippen LogP contribution is -2.57. The number of halogens is 1. The normalized spacial score (nSPS) is 17.4. The van der Waals surface area contributed by atoms with Gasteiger partial charge in [0, 0.05) is 18.3 Å². The minimum absolute atomic E-state index is 0.106. The van der Waals surface area contributed by atoms with E-state index >= 15 is 0 Å². The molecule has 0 aliphatic carbocycles. The largest absolute Gasteiger partial charge is 0.496 e. The molecule has 0 unspecified atom stereocenters. The molecule has 0 N–H and O–H groups in total. The second kappa shape index (κ2) is 7.15. The first-order valence-electron chi connectivity index (χ1n) is 8.43. The summed E-state index contributed by atoms with van der Waals surface area (Å²) in [7, 11) is 1.38. The van der Waals surface area contributed by atoms with Crippen molar-refractivity contribution in [1.29, 1.82) is 0 Å². The molecule has 1 atom stereocenters. The zero-order valence-electron chi connectivity index (χ0n) is 15.0. The monoisotopic (exact) mass is 356 g/mol. The SMILES string of the molecule is COc1cccc(F)c1C(=O)N1CC(=O)N(c2ccc(C)cc2)C[C@@H]1C. The highest BCUT2D eigenvalue weighted by Crippen LogP contribution is 2.26. The van der Waals surface area contributed by atoms with Crippen molar-refractivity contribution in [3.8, 4) is 5.75 Å². The molecule has 0 saturated carbocycles. The third kappa shape index (κ3) is 3.27. The van der Waals surface area contributed by atoms with Crippen molar-refractivity contribution in [2.75, 3.05) is 25.1 Å². The van der Waals surface area contributed by atoms with E-state index in [1.165, 1.54) is 30.2 Å². The Balaban J connectivity index is 1.85. The number of anilines is 1. The fraction of sp³-hybridized carbons (Fsp3) is 0.300. The molecule has 3 rings (SSSR count). The highest BCUT2D eigenvalue weighted by atomic mass is 19.1. The van der Waals surface area contributed by atoms with Crippen LogP contribution in [0.3, 0.4) is 0 Å². The zero-order valence-corrected chi connectivity index (χ0v) is 15.0. The van der Waals surface area contributed by atoms with E-state index in [1.54, 1.807) is 4.90 Å². The Morgan fingerprint density at radius 1 is 1.19 bits per heavy atom. The molecule has 1 fully saturated rings. The smallest absolute Gasteiger partial charge is 0.261 e. The number of methoxy groups -OCH3 is 1. The molecule has 2 amide bonds. The second-order valence-electron chi connectivity index (χ2n) is 6.44. The molecule has 6 heteroatoms. The molecule has 0 radical (unpaired) electrons. The van der Waals surface area contributed by atoms with Crippen LogP contribution >= 0.6 is 0 Å². The number of nitrogens with zero attached hydrogens (tertiary/aromatic N) is 2. The van der Waals surface area contributed by atoms with Crippen LogP contribution in [-0.4, -0.2) is 43.0 Å². The number of benzene rings is 2. The van der Waals surface area contributed by atoms with Crippen LogP contribution in [0.25, 0.3) is 0 Å². The highest BCUT2D eigenvalue weighted by Gasteiger charge is 2.35. The average molecular weight is 356 g/mol. The highest BCUT2D eigenvalue weighted by molar-refractivity contribution is 6.03. The summed E-state index contributed by atoms with van der Waals surface area (Å²) in [6.45, 7) is 4.07. The third-order valence-corrected chi connectivity index (χ3v) is 4.60. The van der Waals surface area contributed by atoms with Gasteiger partial charge < -0.3 is 14.5 Å². The molecule has 1 heterocycles. The predicted octanol–water partition coefficient (Wildman–Crippen LogP) is 3.02. The van der Waals surface area contributed by atoms with Crippen molar-refractivity contribution < 1.29 is 18.7 Å². The van der Waals surface area contributed by atoms with Gasteiger partial charge >= 0.3 is 0 Å². The fourth-order valence-corrected chi connectivity index (χ4v) is 3.12. The van der Waals surface area contributed by atoms with Crippen molar-refractivity contribution in [3.05, 3.63) is 59.4 Å². The van der Waals surface area contributed by atoms with E-state index in [4.69, 9.17) is 4.74 Å². The minimum atomic E-state index is -0.657. The second-order valence-corrected chi connectivity index (χ2v) is 6.44. The van der Waals surface area contributed by atoms with Gasteiger partial charge in [-0.15, -0.1) is 0 Å². The molecule has 2 aromatic rings. The maximum atomic E-state index is 14.2. The van der Waals surface area contributed by atoms with Gasteiger partial charge in [-0.1, -0.05) is 23.8 Å². The first-order chi connectivity index (χ1) is 12.4. The van der Waals surface area contributed by atoms with Crippen molar-refractivity contribution in [1.82, 2.24) is 4.90 Å². The van der Waals surface area contributed by atoms with Gasteiger partial charge in [0.05, 0.1) is 7.11 Å². The molecule has 26 heavy (non-hydrogen) atoms. The Bertz CT molecular complexity index is 835. The lowest BCUT2D eigenvalue weighted by molar-refractivity contribution is -0.121. The van der Waals surface area contributed by atoms with Gasteiger partial charge in [0.25, 0.3) is 5.91 Å². The van der Waals surface area contributed by atoms with Crippen molar-refractivity contribution in [3.63, 3.8) is 0 Å². The molecule has 0 spiro atoms.